The summed E-state index contributed by atoms with van der Waals surface area (Å²) in [5.74, 6) is -0.0647. The van der Waals surface area contributed by atoms with Gasteiger partial charge in [0.15, 0.2) is 0 Å². The zero-order valence-corrected chi connectivity index (χ0v) is 9.73. The molecule has 0 radical (unpaired) electrons. The number of hydrogen-bond acceptors (Lipinski definition) is 3. The van der Waals surface area contributed by atoms with Gasteiger partial charge in [-0.3, -0.25) is 9.69 Å². The lowest BCUT2D eigenvalue weighted by Gasteiger charge is -2.15. The van der Waals surface area contributed by atoms with E-state index in [2.05, 4.69) is 5.32 Å². The number of benzene rings is 1. The van der Waals surface area contributed by atoms with Gasteiger partial charge in [0.1, 0.15) is 0 Å². The van der Waals surface area contributed by atoms with E-state index in [9.17, 15) is 4.79 Å². The summed E-state index contributed by atoms with van der Waals surface area (Å²) < 4.78 is 0. The molecule has 0 atom stereocenters. The second-order valence-electron chi connectivity index (χ2n) is 3.84. The molecule has 2 N–H and O–H groups in total. The molecule has 1 amide bonds. The average Bonchev–Trinajstić information content (AvgIpc) is 2.20. The molecule has 0 bridgehead atoms. The normalized spacial score (nSPS) is 10.5. The van der Waals surface area contributed by atoms with Gasteiger partial charge in [0.25, 0.3) is 0 Å². The van der Waals surface area contributed by atoms with Crippen molar-refractivity contribution in [2.75, 3.05) is 25.5 Å². The van der Waals surface area contributed by atoms with E-state index in [4.69, 9.17) is 5.11 Å². The molecule has 0 aliphatic carbocycles. The molecule has 0 saturated heterocycles. The Bertz CT molecular complexity index is 335. The fourth-order valence-corrected chi connectivity index (χ4v) is 1.46. The van der Waals surface area contributed by atoms with Crippen molar-refractivity contribution in [2.24, 2.45) is 0 Å². The zero-order valence-electron chi connectivity index (χ0n) is 9.73. The van der Waals surface area contributed by atoms with Gasteiger partial charge in [0, 0.05) is 25.7 Å². The van der Waals surface area contributed by atoms with Crippen molar-refractivity contribution in [3.8, 4) is 0 Å². The van der Waals surface area contributed by atoms with Crippen LogP contribution in [-0.2, 0) is 11.3 Å². The first-order valence-corrected chi connectivity index (χ1v) is 5.27. The van der Waals surface area contributed by atoms with Gasteiger partial charge < -0.3 is 10.4 Å². The molecule has 4 heteroatoms. The number of rotatable bonds is 5. The lowest BCUT2D eigenvalue weighted by Crippen LogP contribution is -2.21. The maximum atomic E-state index is 10.8. The molecule has 0 unspecified atom stereocenters. The van der Waals surface area contributed by atoms with Crippen LogP contribution in [0.4, 0.5) is 5.69 Å². The monoisotopic (exact) mass is 222 g/mol. The molecule has 0 aliphatic rings. The summed E-state index contributed by atoms with van der Waals surface area (Å²) >= 11 is 0. The van der Waals surface area contributed by atoms with Crippen LogP contribution < -0.4 is 5.32 Å². The minimum atomic E-state index is -0.0647. The predicted molar refractivity (Wildman–Crippen MR) is 64.2 cm³/mol. The van der Waals surface area contributed by atoms with E-state index in [1.165, 1.54) is 6.92 Å². The second kappa shape index (κ2) is 6.25. The fourth-order valence-electron chi connectivity index (χ4n) is 1.46. The van der Waals surface area contributed by atoms with Gasteiger partial charge in [0.2, 0.25) is 5.91 Å². The van der Waals surface area contributed by atoms with Gasteiger partial charge in [-0.2, -0.15) is 0 Å². The number of carbonyl (C=O) groups excluding carboxylic acids is 1. The van der Waals surface area contributed by atoms with E-state index >= 15 is 0 Å². The van der Waals surface area contributed by atoms with Crippen molar-refractivity contribution < 1.29 is 9.90 Å². The minimum absolute atomic E-state index is 0.0647. The average molecular weight is 222 g/mol. The third-order valence-corrected chi connectivity index (χ3v) is 2.21. The number of nitrogens with zero attached hydrogens (tertiary/aromatic N) is 1. The highest BCUT2D eigenvalue weighted by atomic mass is 16.3. The smallest absolute Gasteiger partial charge is 0.221 e. The summed E-state index contributed by atoms with van der Waals surface area (Å²) in [6.45, 7) is 3.11. The van der Waals surface area contributed by atoms with Crippen LogP contribution in [-0.4, -0.2) is 36.1 Å². The molecule has 4 nitrogen and oxygen atoms in total. The Morgan fingerprint density at radius 1 is 1.38 bits per heavy atom. The Balaban J connectivity index is 2.54. The van der Waals surface area contributed by atoms with Gasteiger partial charge in [-0.1, -0.05) is 12.1 Å². The summed E-state index contributed by atoms with van der Waals surface area (Å²) in [4.78, 5) is 12.8. The lowest BCUT2D eigenvalue weighted by atomic mass is 10.2. The molecule has 0 aliphatic heterocycles. The zero-order chi connectivity index (χ0) is 12.0. The number of anilines is 1. The van der Waals surface area contributed by atoms with Gasteiger partial charge in [0.05, 0.1) is 6.61 Å². The summed E-state index contributed by atoms with van der Waals surface area (Å²) in [5, 5.41) is 11.5. The molecule has 0 saturated carbocycles. The Hall–Kier alpha value is -1.39. The van der Waals surface area contributed by atoms with Crippen LogP contribution in [0.3, 0.4) is 0 Å². The van der Waals surface area contributed by atoms with Crippen molar-refractivity contribution in [1.82, 2.24) is 4.90 Å². The Morgan fingerprint density at radius 2 is 2.00 bits per heavy atom. The van der Waals surface area contributed by atoms with Crippen LogP contribution >= 0.6 is 0 Å². The lowest BCUT2D eigenvalue weighted by molar-refractivity contribution is -0.114. The number of aliphatic hydroxyl groups excluding tert-OH is 1. The molecule has 0 spiro atoms. The summed E-state index contributed by atoms with van der Waals surface area (Å²) in [6.07, 6.45) is 0. The third-order valence-electron chi connectivity index (χ3n) is 2.21. The van der Waals surface area contributed by atoms with Crippen LogP contribution in [0.15, 0.2) is 24.3 Å². The molecule has 0 heterocycles. The maximum absolute atomic E-state index is 10.8. The van der Waals surface area contributed by atoms with E-state index in [1.54, 1.807) is 0 Å². The van der Waals surface area contributed by atoms with Crippen LogP contribution in [0.2, 0.25) is 0 Å². The molecule has 0 fully saturated rings. The van der Waals surface area contributed by atoms with Gasteiger partial charge in [-0.05, 0) is 24.7 Å². The van der Waals surface area contributed by atoms with Crippen LogP contribution in [0.1, 0.15) is 12.5 Å². The van der Waals surface area contributed by atoms with E-state index in [0.717, 1.165) is 17.8 Å². The summed E-state index contributed by atoms with van der Waals surface area (Å²) in [7, 11) is 1.96. The molecular weight excluding hydrogens is 204 g/mol. The predicted octanol–water partition coefficient (Wildman–Crippen LogP) is 1.07. The number of carbonyl (C=O) groups is 1. The quantitative estimate of drug-likeness (QED) is 0.783. The summed E-state index contributed by atoms with van der Waals surface area (Å²) in [5.41, 5.74) is 1.96. The summed E-state index contributed by atoms with van der Waals surface area (Å²) in [6, 6.07) is 7.70. The van der Waals surface area contributed by atoms with Gasteiger partial charge in [-0.15, -0.1) is 0 Å². The molecule has 1 aromatic carbocycles. The van der Waals surface area contributed by atoms with Gasteiger partial charge >= 0.3 is 0 Å². The number of aliphatic hydroxyl groups is 1. The van der Waals surface area contributed by atoms with Crippen molar-refractivity contribution in [3.05, 3.63) is 29.8 Å². The maximum Gasteiger partial charge on any atom is 0.221 e. The first-order valence-electron chi connectivity index (χ1n) is 5.27. The molecule has 1 aromatic rings. The number of hydrogen-bond donors (Lipinski definition) is 2. The molecule has 16 heavy (non-hydrogen) atoms. The standard InChI is InChI=1S/C12H18N2O2/c1-10(16)13-12-5-3-11(4-6-12)9-14(2)7-8-15/h3-6,15H,7-9H2,1-2H3,(H,13,16). The Kier molecular flexibility index (Phi) is 4.95. The molecule has 1 rings (SSSR count). The molecular formula is C12H18N2O2. The highest BCUT2D eigenvalue weighted by Crippen LogP contribution is 2.10. The van der Waals surface area contributed by atoms with Crippen molar-refractivity contribution in [3.63, 3.8) is 0 Å². The largest absolute Gasteiger partial charge is 0.395 e. The minimum Gasteiger partial charge on any atom is -0.395 e. The van der Waals surface area contributed by atoms with Crippen molar-refractivity contribution in [2.45, 2.75) is 13.5 Å². The topological polar surface area (TPSA) is 52.6 Å². The Labute approximate surface area is 95.9 Å². The molecule has 0 aromatic heterocycles. The van der Waals surface area contributed by atoms with Gasteiger partial charge in [-0.25, -0.2) is 0 Å². The Morgan fingerprint density at radius 3 is 2.50 bits per heavy atom. The fraction of sp³-hybridized carbons (Fsp3) is 0.417. The number of likely N-dealkylation sites (N-methyl/N-ethyl adjacent to an activating group) is 1. The SMILES string of the molecule is CC(=O)Nc1ccc(CN(C)CCO)cc1. The van der Waals surface area contributed by atoms with Crippen LogP contribution in [0.25, 0.3) is 0 Å². The first-order chi connectivity index (χ1) is 7.61. The molecule has 88 valence electrons. The number of nitrogens with one attached hydrogen (secondary N) is 1. The van der Waals surface area contributed by atoms with Crippen LogP contribution in [0, 0.1) is 0 Å². The van der Waals surface area contributed by atoms with Crippen molar-refractivity contribution >= 4 is 11.6 Å². The van der Waals surface area contributed by atoms with E-state index in [1.807, 2.05) is 36.2 Å². The highest BCUT2D eigenvalue weighted by Gasteiger charge is 2.00. The number of amides is 1. The second-order valence-corrected chi connectivity index (χ2v) is 3.84. The first kappa shape index (κ1) is 12.7. The highest BCUT2D eigenvalue weighted by molar-refractivity contribution is 5.88. The van der Waals surface area contributed by atoms with Crippen molar-refractivity contribution in [1.29, 1.82) is 0 Å². The van der Waals surface area contributed by atoms with E-state index < -0.39 is 0 Å². The van der Waals surface area contributed by atoms with Crippen LogP contribution in [0.5, 0.6) is 0 Å². The third kappa shape index (κ3) is 4.42. The van der Waals surface area contributed by atoms with E-state index in [0.29, 0.717) is 6.54 Å². The van der Waals surface area contributed by atoms with E-state index in [-0.39, 0.29) is 12.5 Å².